The lowest BCUT2D eigenvalue weighted by molar-refractivity contribution is -0.112. The quantitative estimate of drug-likeness (QED) is 0.425. The average Bonchev–Trinajstić information content (AvgIpc) is 3.13. The van der Waals surface area contributed by atoms with Crippen molar-refractivity contribution in [2.45, 2.75) is 33.1 Å². The molecule has 0 saturated heterocycles. The maximum Gasteiger partial charge on any atom is 0.268 e. The molecule has 2 aromatic carbocycles. The van der Waals surface area contributed by atoms with Gasteiger partial charge in [-0.3, -0.25) is 10.1 Å². The van der Waals surface area contributed by atoms with E-state index in [0.717, 1.165) is 16.9 Å². The first-order valence-corrected chi connectivity index (χ1v) is 10.3. The molecule has 0 aliphatic heterocycles. The first-order valence-electron chi connectivity index (χ1n) is 9.48. The zero-order chi connectivity index (χ0) is 20.8. The summed E-state index contributed by atoms with van der Waals surface area (Å²) in [6.45, 7) is 6.31. The second kappa shape index (κ2) is 9.31. The van der Waals surface area contributed by atoms with Crippen molar-refractivity contribution in [3.05, 3.63) is 87.4 Å². The summed E-state index contributed by atoms with van der Waals surface area (Å²) in [4.78, 5) is 17.8. The summed E-state index contributed by atoms with van der Waals surface area (Å²) in [5, 5.41) is 12.6. The summed E-state index contributed by atoms with van der Waals surface area (Å²) in [6.07, 6.45) is 4.13. The number of carbonyl (C=O) groups is 1. The monoisotopic (exact) mass is 401 g/mol. The molecule has 0 aliphatic carbocycles. The van der Waals surface area contributed by atoms with Crippen LogP contribution in [-0.2, 0) is 11.2 Å². The van der Waals surface area contributed by atoms with E-state index >= 15 is 0 Å². The molecule has 1 aromatic heterocycles. The smallest absolute Gasteiger partial charge is 0.268 e. The van der Waals surface area contributed by atoms with Gasteiger partial charge >= 0.3 is 0 Å². The number of carbonyl (C=O) groups excluding carboxylic acids is 1. The second-order valence-corrected chi connectivity index (χ2v) is 8.36. The molecule has 0 atom stereocenters. The fourth-order valence-corrected chi connectivity index (χ4v) is 3.77. The number of nitrogens with zero attached hydrogens (tertiary/aromatic N) is 2. The second-order valence-electron chi connectivity index (χ2n) is 7.24. The summed E-state index contributed by atoms with van der Waals surface area (Å²) in [6, 6.07) is 18.2. The highest BCUT2D eigenvalue weighted by Gasteiger charge is 2.12. The van der Waals surface area contributed by atoms with Crippen LogP contribution >= 0.6 is 11.3 Å². The zero-order valence-electron chi connectivity index (χ0n) is 16.8. The molecule has 0 radical (unpaired) electrons. The minimum Gasteiger partial charge on any atom is -0.297 e. The van der Waals surface area contributed by atoms with Crippen LogP contribution in [0.15, 0.2) is 60.3 Å². The van der Waals surface area contributed by atoms with Crippen LogP contribution < -0.4 is 5.32 Å². The molecule has 0 bridgehead atoms. The van der Waals surface area contributed by atoms with Gasteiger partial charge in [0.2, 0.25) is 0 Å². The van der Waals surface area contributed by atoms with E-state index in [1.807, 2.05) is 36.4 Å². The summed E-state index contributed by atoms with van der Waals surface area (Å²) in [5.41, 5.74) is 4.51. The fraction of sp³-hybridized carbons (Fsp3) is 0.208. The highest BCUT2D eigenvalue weighted by atomic mass is 32.1. The van der Waals surface area contributed by atoms with Crippen molar-refractivity contribution in [1.29, 1.82) is 5.26 Å². The molecule has 0 aliphatic rings. The Labute approximate surface area is 175 Å². The third kappa shape index (κ3) is 5.63. The van der Waals surface area contributed by atoms with Crippen LogP contribution in [0.2, 0.25) is 0 Å². The van der Waals surface area contributed by atoms with E-state index in [0.29, 0.717) is 11.0 Å². The molecule has 146 valence electrons. The number of nitriles is 1. The van der Waals surface area contributed by atoms with E-state index < -0.39 is 5.91 Å². The van der Waals surface area contributed by atoms with Gasteiger partial charge in [0.25, 0.3) is 5.91 Å². The van der Waals surface area contributed by atoms with E-state index in [1.54, 1.807) is 12.3 Å². The Hall–Kier alpha value is -3.23. The topological polar surface area (TPSA) is 65.8 Å². The molecule has 0 spiro atoms. The highest BCUT2D eigenvalue weighted by molar-refractivity contribution is 7.15. The lowest BCUT2D eigenvalue weighted by Gasteiger charge is -2.05. The number of nitrogens with one attached hydrogen (secondary N) is 1. The molecular formula is C24H23N3OS. The van der Waals surface area contributed by atoms with E-state index in [4.69, 9.17) is 0 Å². The van der Waals surface area contributed by atoms with Crippen LogP contribution in [0.4, 0.5) is 5.13 Å². The van der Waals surface area contributed by atoms with Crippen LogP contribution in [0.25, 0.3) is 6.08 Å². The van der Waals surface area contributed by atoms with E-state index in [1.165, 1.54) is 28.0 Å². The highest BCUT2D eigenvalue weighted by Crippen LogP contribution is 2.22. The minimum atomic E-state index is -0.447. The van der Waals surface area contributed by atoms with Crippen molar-refractivity contribution in [3.8, 4) is 6.07 Å². The zero-order valence-corrected chi connectivity index (χ0v) is 17.6. The van der Waals surface area contributed by atoms with Crippen LogP contribution in [0.3, 0.4) is 0 Å². The predicted octanol–water partition coefficient (Wildman–Crippen LogP) is 5.71. The predicted molar refractivity (Wildman–Crippen MR) is 119 cm³/mol. The number of aryl methyl sites for hydroxylation is 1. The Kier molecular flexibility index (Phi) is 6.58. The van der Waals surface area contributed by atoms with Gasteiger partial charge in [0, 0.05) is 17.5 Å². The summed E-state index contributed by atoms with van der Waals surface area (Å²) >= 11 is 1.42. The molecule has 5 heteroatoms. The molecule has 4 nitrogen and oxygen atoms in total. The first kappa shape index (κ1) is 20.5. The Bertz CT molecular complexity index is 1070. The van der Waals surface area contributed by atoms with Gasteiger partial charge in [0.1, 0.15) is 11.6 Å². The molecule has 0 fully saturated rings. The number of benzene rings is 2. The van der Waals surface area contributed by atoms with Crippen LogP contribution in [-0.4, -0.2) is 10.9 Å². The summed E-state index contributed by atoms with van der Waals surface area (Å²) in [7, 11) is 0. The van der Waals surface area contributed by atoms with Gasteiger partial charge in [0.05, 0.1) is 0 Å². The van der Waals surface area contributed by atoms with Crippen LogP contribution in [0, 0.1) is 18.3 Å². The Morgan fingerprint density at radius 3 is 2.66 bits per heavy atom. The lowest BCUT2D eigenvalue weighted by atomic mass is 10.0. The van der Waals surface area contributed by atoms with Gasteiger partial charge in [-0.2, -0.15) is 5.26 Å². The normalized spacial score (nSPS) is 11.3. The number of anilines is 1. The number of rotatable bonds is 6. The van der Waals surface area contributed by atoms with E-state index in [2.05, 4.69) is 49.3 Å². The van der Waals surface area contributed by atoms with Gasteiger partial charge in [-0.25, -0.2) is 4.98 Å². The van der Waals surface area contributed by atoms with Gasteiger partial charge in [-0.1, -0.05) is 67.9 Å². The van der Waals surface area contributed by atoms with Crippen molar-refractivity contribution in [2.24, 2.45) is 0 Å². The van der Waals surface area contributed by atoms with Crippen molar-refractivity contribution in [2.75, 3.05) is 5.32 Å². The molecule has 29 heavy (non-hydrogen) atoms. The SMILES string of the molecule is Cc1cccc(Cc2cnc(NC(=O)/C(C#N)=C/c3ccc(C(C)C)cc3)s2)c1. The Morgan fingerprint density at radius 2 is 2.00 bits per heavy atom. The Morgan fingerprint density at radius 1 is 1.24 bits per heavy atom. The van der Waals surface area contributed by atoms with E-state index in [-0.39, 0.29) is 5.57 Å². The number of aromatic nitrogens is 1. The fourth-order valence-electron chi connectivity index (χ4n) is 2.93. The number of hydrogen-bond donors (Lipinski definition) is 1. The maximum absolute atomic E-state index is 12.5. The van der Waals surface area contributed by atoms with Gasteiger partial charge < -0.3 is 0 Å². The molecule has 3 aromatic rings. The largest absolute Gasteiger partial charge is 0.297 e. The molecule has 3 rings (SSSR count). The van der Waals surface area contributed by atoms with Crippen molar-refractivity contribution in [3.63, 3.8) is 0 Å². The molecule has 0 unspecified atom stereocenters. The molecule has 0 saturated carbocycles. The molecular weight excluding hydrogens is 378 g/mol. The number of hydrogen-bond acceptors (Lipinski definition) is 4. The van der Waals surface area contributed by atoms with Crippen molar-refractivity contribution < 1.29 is 4.79 Å². The lowest BCUT2D eigenvalue weighted by Crippen LogP contribution is -2.13. The third-order valence-corrected chi connectivity index (χ3v) is 5.43. The van der Waals surface area contributed by atoms with Gasteiger partial charge in [0.15, 0.2) is 5.13 Å². The number of amides is 1. The van der Waals surface area contributed by atoms with E-state index in [9.17, 15) is 10.1 Å². The molecule has 1 N–H and O–H groups in total. The van der Waals surface area contributed by atoms with Crippen LogP contribution in [0.1, 0.15) is 46.9 Å². The third-order valence-electron chi connectivity index (χ3n) is 4.51. The molecule has 1 heterocycles. The number of thiazole rings is 1. The Balaban J connectivity index is 1.68. The van der Waals surface area contributed by atoms with Crippen LogP contribution in [0.5, 0.6) is 0 Å². The average molecular weight is 402 g/mol. The standard InChI is InChI=1S/C24H23N3OS/c1-16(2)20-9-7-18(8-10-20)12-21(14-25)23(28)27-24-26-15-22(29-24)13-19-6-4-5-17(3)11-19/h4-12,15-16H,13H2,1-3H3,(H,26,27,28)/b21-12+. The summed E-state index contributed by atoms with van der Waals surface area (Å²) < 4.78 is 0. The molecule has 1 amide bonds. The minimum absolute atomic E-state index is 0.0535. The first-order chi connectivity index (χ1) is 13.9. The van der Waals surface area contributed by atoms with Gasteiger partial charge in [-0.05, 0) is 35.6 Å². The maximum atomic E-state index is 12.5. The summed E-state index contributed by atoms with van der Waals surface area (Å²) in [5.74, 6) is -0.0115. The van der Waals surface area contributed by atoms with Gasteiger partial charge in [-0.15, -0.1) is 11.3 Å². The van der Waals surface area contributed by atoms with Crippen molar-refractivity contribution in [1.82, 2.24) is 4.98 Å². The van der Waals surface area contributed by atoms with Crippen molar-refractivity contribution >= 4 is 28.5 Å².